The molecule has 0 saturated carbocycles. The van der Waals surface area contributed by atoms with Gasteiger partial charge in [-0.05, 0) is 23.8 Å². The molecule has 0 heterocycles. The summed E-state index contributed by atoms with van der Waals surface area (Å²) in [6.45, 7) is 0. The van der Waals surface area contributed by atoms with E-state index < -0.39 is 84.8 Å². The van der Waals surface area contributed by atoms with Gasteiger partial charge >= 0.3 is 24.2 Å². The molecule has 0 aliphatic heterocycles. The van der Waals surface area contributed by atoms with Crippen LogP contribution in [0.15, 0.2) is 34.8 Å². The van der Waals surface area contributed by atoms with E-state index in [-0.39, 0.29) is 6.07 Å². The third-order valence-electron chi connectivity index (χ3n) is 4.49. The number of nitrogens with zero attached hydrogens (tertiary/aromatic N) is 1. The molecular formula is C18H7BrClF10NO3. The van der Waals surface area contributed by atoms with Gasteiger partial charge in [0.2, 0.25) is 0 Å². The Labute approximate surface area is 195 Å². The lowest BCUT2D eigenvalue weighted by molar-refractivity contribution is -0.384. The lowest BCUT2D eigenvalue weighted by atomic mass is 9.89. The van der Waals surface area contributed by atoms with Crippen LogP contribution >= 0.6 is 27.5 Å². The molecule has 0 aromatic heterocycles. The van der Waals surface area contributed by atoms with E-state index in [1.807, 2.05) is 0 Å². The molecule has 0 aliphatic carbocycles. The van der Waals surface area contributed by atoms with Crippen molar-refractivity contribution in [3.8, 4) is 0 Å². The molecule has 4 nitrogen and oxygen atoms in total. The smallest absolute Gasteiger partial charge is 0.294 e. The number of alkyl halides is 10. The number of nitro groups is 1. The summed E-state index contributed by atoms with van der Waals surface area (Å²) in [4.78, 5) is 22.4. The van der Waals surface area contributed by atoms with Crippen LogP contribution < -0.4 is 0 Å². The van der Waals surface area contributed by atoms with E-state index in [2.05, 4.69) is 15.9 Å². The highest BCUT2D eigenvalue weighted by atomic mass is 79.9. The molecular weight excluding hydrogens is 584 g/mol. The number of hydrogen-bond donors (Lipinski definition) is 0. The molecule has 186 valence electrons. The average Bonchev–Trinajstić information content (AvgIpc) is 2.65. The van der Waals surface area contributed by atoms with Gasteiger partial charge in [-0.2, -0.15) is 39.5 Å². The zero-order valence-corrected chi connectivity index (χ0v) is 18.1. The van der Waals surface area contributed by atoms with Gasteiger partial charge in [-0.3, -0.25) is 14.9 Å². The fraction of sp³-hybridized carbons (Fsp3) is 0.278. The second-order valence-corrected chi connectivity index (χ2v) is 7.86. The minimum atomic E-state index is -6.68. The maximum Gasteiger partial charge on any atom is 0.435 e. The molecule has 2 aromatic carbocycles. The molecule has 34 heavy (non-hydrogen) atoms. The van der Waals surface area contributed by atoms with E-state index in [1.165, 1.54) is 0 Å². The van der Waals surface area contributed by atoms with Gasteiger partial charge in [0.25, 0.3) is 5.69 Å². The van der Waals surface area contributed by atoms with Crippen molar-refractivity contribution in [1.29, 1.82) is 0 Å². The second-order valence-electron chi connectivity index (χ2n) is 6.63. The zero-order chi connectivity index (χ0) is 26.4. The van der Waals surface area contributed by atoms with E-state index in [4.69, 9.17) is 11.6 Å². The Kier molecular flexibility index (Phi) is 7.35. The van der Waals surface area contributed by atoms with Crippen molar-refractivity contribution in [3.05, 3.63) is 72.2 Å². The summed E-state index contributed by atoms with van der Waals surface area (Å²) in [7, 11) is 0. The van der Waals surface area contributed by atoms with E-state index in [1.54, 1.807) is 0 Å². The largest absolute Gasteiger partial charge is 0.435 e. The summed E-state index contributed by atoms with van der Waals surface area (Å²) < 4.78 is 132. The third-order valence-corrected chi connectivity index (χ3v) is 5.60. The van der Waals surface area contributed by atoms with Crippen molar-refractivity contribution in [3.63, 3.8) is 0 Å². The quantitative estimate of drug-likeness (QED) is 0.155. The Balaban J connectivity index is 2.72. The van der Waals surface area contributed by atoms with E-state index >= 15 is 0 Å². The number of Topliss-reactive ketones (excluding diaryl/α,β-unsaturated/α-hetero) is 1. The van der Waals surface area contributed by atoms with Crippen LogP contribution in [0.3, 0.4) is 0 Å². The number of carbonyl (C=O) groups excluding carboxylic acids is 1. The number of rotatable bonds is 5. The highest BCUT2D eigenvalue weighted by Crippen LogP contribution is 2.54. The number of hydrogen-bond acceptors (Lipinski definition) is 3. The van der Waals surface area contributed by atoms with Crippen molar-refractivity contribution < 1.29 is 53.6 Å². The number of halogens is 12. The van der Waals surface area contributed by atoms with Crippen molar-refractivity contribution in [2.45, 2.75) is 30.6 Å². The van der Waals surface area contributed by atoms with Gasteiger partial charge in [0, 0.05) is 28.1 Å². The van der Waals surface area contributed by atoms with Crippen LogP contribution in [-0.2, 0) is 18.3 Å². The summed E-state index contributed by atoms with van der Waals surface area (Å²) in [5.74, 6) is -1.29. The van der Waals surface area contributed by atoms with Gasteiger partial charge in [0.1, 0.15) is 5.02 Å². The monoisotopic (exact) mass is 589 g/mol. The molecule has 0 amide bonds. The lowest BCUT2D eigenvalue weighted by Crippen LogP contribution is -2.50. The fourth-order valence-electron chi connectivity index (χ4n) is 2.89. The highest BCUT2D eigenvalue weighted by Gasteiger charge is 2.73. The maximum atomic E-state index is 14.3. The predicted octanol–water partition coefficient (Wildman–Crippen LogP) is 7.74. The minimum absolute atomic E-state index is 0.173. The number of nitro benzene ring substituents is 1. The summed E-state index contributed by atoms with van der Waals surface area (Å²) in [6.07, 6.45) is -20.3. The molecule has 0 N–H and O–H groups in total. The molecule has 0 spiro atoms. The normalized spacial score (nSPS) is 13.2. The fourth-order valence-corrected chi connectivity index (χ4v) is 3.79. The summed E-state index contributed by atoms with van der Waals surface area (Å²) >= 11 is 8.10. The molecule has 0 saturated heterocycles. The molecule has 2 aromatic rings. The van der Waals surface area contributed by atoms with E-state index in [0.29, 0.717) is 0 Å². The van der Waals surface area contributed by atoms with Crippen LogP contribution in [0.2, 0.25) is 5.02 Å². The highest BCUT2D eigenvalue weighted by molar-refractivity contribution is 9.10. The van der Waals surface area contributed by atoms with E-state index in [9.17, 15) is 58.8 Å². The number of benzene rings is 2. The zero-order valence-electron chi connectivity index (χ0n) is 15.8. The SMILES string of the molecule is O=C(Cc1c(Br)cc(C(F)(C(F)(F)F)C(F)(F)F)cc1C(F)(F)F)c1cccc([N+](=O)[O-])c1Cl. The first kappa shape index (κ1) is 27.8. The maximum absolute atomic E-state index is 14.3. The lowest BCUT2D eigenvalue weighted by Gasteiger charge is -2.31. The molecule has 0 aliphatic rings. The predicted molar refractivity (Wildman–Crippen MR) is 100 cm³/mol. The van der Waals surface area contributed by atoms with Crippen LogP contribution in [0, 0.1) is 10.1 Å². The second kappa shape index (κ2) is 8.98. The Morgan fingerprint density at radius 1 is 0.971 bits per heavy atom. The number of ketones is 1. The van der Waals surface area contributed by atoms with Crippen LogP contribution in [0.1, 0.15) is 27.0 Å². The van der Waals surface area contributed by atoms with Crippen LogP contribution in [0.25, 0.3) is 0 Å². The van der Waals surface area contributed by atoms with Crippen LogP contribution in [-0.4, -0.2) is 23.1 Å². The molecule has 2 rings (SSSR count). The van der Waals surface area contributed by atoms with Crippen molar-refractivity contribution in [2.24, 2.45) is 0 Å². The molecule has 0 unspecified atom stereocenters. The van der Waals surface area contributed by atoms with Gasteiger partial charge in [0.05, 0.1) is 10.5 Å². The van der Waals surface area contributed by atoms with Gasteiger partial charge in [0.15, 0.2) is 5.78 Å². The molecule has 0 fully saturated rings. The first-order valence-electron chi connectivity index (χ1n) is 8.42. The standard InChI is InChI=1S/C18H7BrClF10NO3/c19-11-5-7(15(21,17(25,26)27)18(28,29)30)4-10(16(22,23)24)9(11)6-13(32)8-2-1-3-12(14(8)20)31(33)34/h1-5H,6H2. The van der Waals surface area contributed by atoms with Crippen molar-refractivity contribution in [2.75, 3.05) is 0 Å². The Morgan fingerprint density at radius 2 is 1.50 bits per heavy atom. The first-order valence-corrected chi connectivity index (χ1v) is 9.59. The van der Waals surface area contributed by atoms with Gasteiger partial charge in [-0.25, -0.2) is 4.39 Å². The topological polar surface area (TPSA) is 60.2 Å². The molecule has 0 atom stereocenters. The Hall–Kier alpha value is -2.42. The summed E-state index contributed by atoms with van der Waals surface area (Å²) in [5, 5.41) is 10.2. The van der Waals surface area contributed by atoms with Crippen LogP contribution in [0.5, 0.6) is 0 Å². The molecule has 0 bridgehead atoms. The van der Waals surface area contributed by atoms with Gasteiger partial charge in [-0.15, -0.1) is 0 Å². The van der Waals surface area contributed by atoms with Crippen LogP contribution in [0.4, 0.5) is 49.6 Å². The van der Waals surface area contributed by atoms with E-state index in [0.717, 1.165) is 18.2 Å². The first-order chi connectivity index (χ1) is 15.2. The summed E-state index contributed by atoms with van der Waals surface area (Å²) in [6, 6.07) is 1.90. The van der Waals surface area contributed by atoms with Crippen molar-refractivity contribution in [1.82, 2.24) is 0 Å². The molecule has 16 heteroatoms. The average molecular weight is 591 g/mol. The third kappa shape index (κ3) is 4.99. The minimum Gasteiger partial charge on any atom is -0.294 e. The van der Waals surface area contributed by atoms with Gasteiger partial charge in [-0.1, -0.05) is 33.6 Å². The summed E-state index contributed by atoms with van der Waals surface area (Å²) in [5.41, 5.74) is -13.3. The van der Waals surface area contributed by atoms with Gasteiger partial charge < -0.3 is 0 Å². The Bertz CT molecular complexity index is 1130. The number of carbonyl (C=O) groups is 1. The Morgan fingerprint density at radius 3 is 1.94 bits per heavy atom. The van der Waals surface area contributed by atoms with Crippen molar-refractivity contribution >= 4 is 39.0 Å². The molecule has 0 radical (unpaired) electrons.